The first-order chi connectivity index (χ1) is 10.6. The van der Waals surface area contributed by atoms with Crippen molar-refractivity contribution in [3.05, 3.63) is 58.7 Å². The molecule has 0 radical (unpaired) electrons. The SMILES string of the molecule is CCCCN(Cc1ncccc1C)Cc1ncc(C)cc1C. The number of aromatic nitrogens is 2. The van der Waals surface area contributed by atoms with Crippen molar-refractivity contribution < 1.29 is 0 Å². The monoisotopic (exact) mass is 297 g/mol. The van der Waals surface area contributed by atoms with E-state index < -0.39 is 0 Å². The third kappa shape index (κ3) is 4.63. The Morgan fingerprint density at radius 3 is 2.36 bits per heavy atom. The molecule has 0 unspecified atom stereocenters. The van der Waals surface area contributed by atoms with Crippen LogP contribution in [0.1, 0.15) is 47.8 Å². The summed E-state index contributed by atoms with van der Waals surface area (Å²) >= 11 is 0. The van der Waals surface area contributed by atoms with Gasteiger partial charge in [0.1, 0.15) is 0 Å². The zero-order chi connectivity index (χ0) is 15.9. The van der Waals surface area contributed by atoms with Gasteiger partial charge >= 0.3 is 0 Å². The Morgan fingerprint density at radius 2 is 1.73 bits per heavy atom. The first-order valence-corrected chi connectivity index (χ1v) is 8.15. The Hall–Kier alpha value is -1.74. The van der Waals surface area contributed by atoms with Crippen molar-refractivity contribution in [1.29, 1.82) is 0 Å². The van der Waals surface area contributed by atoms with Gasteiger partial charge in [-0.25, -0.2) is 0 Å². The normalized spacial score (nSPS) is 11.1. The molecule has 22 heavy (non-hydrogen) atoms. The van der Waals surface area contributed by atoms with E-state index in [0.717, 1.165) is 19.6 Å². The molecule has 0 atom stereocenters. The zero-order valence-electron chi connectivity index (χ0n) is 14.3. The molecular weight excluding hydrogens is 270 g/mol. The fourth-order valence-electron chi connectivity index (χ4n) is 2.61. The second-order valence-corrected chi connectivity index (χ2v) is 6.11. The lowest BCUT2D eigenvalue weighted by Gasteiger charge is -2.23. The van der Waals surface area contributed by atoms with Crippen LogP contribution in [0.2, 0.25) is 0 Å². The van der Waals surface area contributed by atoms with Crippen molar-refractivity contribution in [2.24, 2.45) is 0 Å². The number of aryl methyl sites for hydroxylation is 3. The molecule has 0 aromatic carbocycles. The molecule has 0 saturated carbocycles. The topological polar surface area (TPSA) is 29.0 Å². The van der Waals surface area contributed by atoms with Gasteiger partial charge in [0.25, 0.3) is 0 Å². The second-order valence-electron chi connectivity index (χ2n) is 6.11. The van der Waals surface area contributed by atoms with Crippen molar-refractivity contribution in [3.63, 3.8) is 0 Å². The summed E-state index contributed by atoms with van der Waals surface area (Å²) < 4.78 is 0. The van der Waals surface area contributed by atoms with E-state index in [1.807, 2.05) is 18.5 Å². The Labute approximate surface area is 134 Å². The predicted molar refractivity (Wildman–Crippen MR) is 91.7 cm³/mol. The second kappa shape index (κ2) is 8.04. The van der Waals surface area contributed by atoms with Gasteiger partial charge in [-0.2, -0.15) is 0 Å². The molecule has 2 rings (SSSR count). The van der Waals surface area contributed by atoms with Crippen LogP contribution in [-0.4, -0.2) is 21.4 Å². The third-order valence-electron chi connectivity index (χ3n) is 4.02. The van der Waals surface area contributed by atoms with Gasteiger partial charge in [0.05, 0.1) is 11.4 Å². The van der Waals surface area contributed by atoms with Crippen molar-refractivity contribution >= 4 is 0 Å². The van der Waals surface area contributed by atoms with Gasteiger partial charge in [0.15, 0.2) is 0 Å². The minimum atomic E-state index is 0.891. The van der Waals surface area contributed by atoms with Crippen LogP contribution in [0.4, 0.5) is 0 Å². The molecule has 2 aromatic rings. The first kappa shape index (κ1) is 16.6. The number of nitrogens with zero attached hydrogens (tertiary/aromatic N) is 3. The summed E-state index contributed by atoms with van der Waals surface area (Å²) in [6.07, 6.45) is 6.26. The Kier molecular flexibility index (Phi) is 6.08. The van der Waals surface area contributed by atoms with Crippen LogP contribution >= 0.6 is 0 Å². The van der Waals surface area contributed by atoms with Crippen molar-refractivity contribution in [3.8, 4) is 0 Å². The zero-order valence-corrected chi connectivity index (χ0v) is 14.3. The lowest BCUT2D eigenvalue weighted by Crippen LogP contribution is -2.26. The molecule has 0 saturated heterocycles. The van der Waals surface area contributed by atoms with Crippen LogP contribution < -0.4 is 0 Å². The van der Waals surface area contributed by atoms with Gasteiger partial charge in [-0.15, -0.1) is 0 Å². The average Bonchev–Trinajstić information content (AvgIpc) is 2.49. The van der Waals surface area contributed by atoms with Gasteiger partial charge in [-0.05, 0) is 56.5 Å². The van der Waals surface area contributed by atoms with Gasteiger partial charge in [-0.3, -0.25) is 14.9 Å². The van der Waals surface area contributed by atoms with Crippen LogP contribution in [0, 0.1) is 20.8 Å². The summed E-state index contributed by atoms with van der Waals surface area (Å²) in [5, 5.41) is 0. The fraction of sp³-hybridized carbons (Fsp3) is 0.474. The molecular formula is C19H27N3. The minimum Gasteiger partial charge on any atom is -0.292 e. The number of rotatable bonds is 7. The summed E-state index contributed by atoms with van der Waals surface area (Å²) in [6.45, 7) is 11.5. The molecule has 0 aliphatic heterocycles. The summed E-state index contributed by atoms with van der Waals surface area (Å²) in [5.74, 6) is 0. The van der Waals surface area contributed by atoms with Crippen LogP contribution in [0.25, 0.3) is 0 Å². The molecule has 3 nitrogen and oxygen atoms in total. The van der Waals surface area contributed by atoms with Crippen molar-refractivity contribution in [2.45, 2.75) is 53.6 Å². The summed E-state index contributed by atoms with van der Waals surface area (Å²) in [4.78, 5) is 11.6. The van der Waals surface area contributed by atoms with E-state index >= 15 is 0 Å². The molecule has 0 amide bonds. The molecule has 2 aromatic heterocycles. The molecule has 3 heteroatoms. The fourth-order valence-corrected chi connectivity index (χ4v) is 2.61. The number of pyridine rings is 2. The minimum absolute atomic E-state index is 0.891. The molecule has 0 fully saturated rings. The number of hydrogen-bond donors (Lipinski definition) is 0. The lowest BCUT2D eigenvalue weighted by molar-refractivity contribution is 0.245. The van der Waals surface area contributed by atoms with Gasteiger partial charge < -0.3 is 0 Å². The summed E-state index contributed by atoms with van der Waals surface area (Å²) in [5.41, 5.74) is 6.11. The van der Waals surface area contributed by atoms with Gasteiger partial charge in [-0.1, -0.05) is 25.5 Å². The van der Waals surface area contributed by atoms with E-state index in [-0.39, 0.29) is 0 Å². The van der Waals surface area contributed by atoms with Gasteiger partial charge in [0.2, 0.25) is 0 Å². The molecule has 2 heterocycles. The van der Waals surface area contributed by atoms with Crippen LogP contribution in [0.15, 0.2) is 30.6 Å². The van der Waals surface area contributed by atoms with E-state index in [9.17, 15) is 0 Å². The van der Waals surface area contributed by atoms with Crippen LogP contribution in [0.5, 0.6) is 0 Å². The molecule has 118 valence electrons. The standard InChI is InChI=1S/C19H27N3/c1-5-6-10-22(13-18-16(3)8-7-9-20-18)14-19-17(4)11-15(2)12-21-19/h7-9,11-12H,5-6,10,13-14H2,1-4H3. The summed E-state index contributed by atoms with van der Waals surface area (Å²) in [6, 6.07) is 6.35. The Balaban J connectivity index is 2.13. The highest BCUT2D eigenvalue weighted by molar-refractivity contribution is 5.23. The van der Waals surface area contributed by atoms with Crippen LogP contribution in [0.3, 0.4) is 0 Å². The smallest absolute Gasteiger partial charge is 0.0573 e. The lowest BCUT2D eigenvalue weighted by atomic mass is 10.1. The Bertz CT molecular complexity index is 607. The summed E-state index contributed by atoms with van der Waals surface area (Å²) in [7, 11) is 0. The van der Waals surface area contributed by atoms with Crippen molar-refractivity contribution in [1.82, 2.24) is 14.9 Å². The maximum atomic E-state index is 4.63. The molecule has 0 aliphatic rings. The quantitative estimate of drug-likeness (QED) is 0.767. The number of unbranched alkanes of at least 4 members (excludes halogenated alkanes) is 1. The highest BCUT2D eigenvalue weighted by Gasteiger charge is 2.11. The van der Waals surface area contributed by atoms with Crippen molar-refractivity contribution in [2.75, 3.05) is 6.54 Å². The molecule has 0 N–H and O–H groups in total. The van der Waals surface area contributed by atoms with E-state index in [1.165, 1.54) is 40.9 Å². The maximum Gasteiger partial charge on any atom is 0.0573 e. The van der Waals surface area contributed by atoms with E-state index in [4.69, 9.17) is 0 Å². The average molecular weight is 297 g/mol. The first-order valence-electron chi connectivity index (χ1n) is 8.15. The predicted octanol–water partition coefficient (Wildman–Crippen LogP) is 4.20. The van der Waals surface area contributed by atoms with E-state index in [1.54, 1.807) is 0 Å². The van der Waals surface area contributed by atoms with E-state index in [0.29, 0.717) is 0 Å². The number of hydrogen-bond acceptors (Lipinski definition) is 3. The highest BCUT2D eigenvalue weighted by Crippen LogP contribution is 2.14. The maximum absolute atomic E-state index is 4.63. The third-order valence-corrected chi connectivity index (χ3v) is 4.02. The highest BCUT2D eigenvalue weighted by atomic mass is 15.1. The van der Waals surface area contributed by atoms with Gasteiger partial charge in [0, 0.05) is 25.5 Å². The van der Waals surface area contributed by atoms with E-state index in [2.05, 4.69) is 54.7 Å². The van der Waals surface area contributed by atoms with Crippen LogP contribution in [-0.2, 0) is 13.1 Å². The largest absolute Gasteiger partial charge is 0.292 e. The Morgan fingerprint density at radius 1 is 1.00 bits per heavy atom. The molecule has 0 bridgehead atoms. The molecule has 0 aliphatic carbocycles. The molecule has 0 spiro atoms.